The molecule has 1 aliphatic carbocycles. The summed E-state index contributed by atoms with van der Waals surface area (Å²) in [5, 5.41) is 0. The van der Waals surface area contributed by atoms with Crippen molar-refractivity contribution >= 4 is 12.1 Å². The Kier molecular flexibility index (Phi) is 8.73. The Morgan fingerprint density at radius 3 is 2.24 bits per heavy atom. The van der Waals surface area contributed by atoms with Gasteiger partial charge in [0.05, 0.1) is 43.4 Å². The second kappa shape index (κ2) is 10.6. The summed E-state index contributed by atoms with van der Waals surface area (Å²) < 4.78 is 22.7. The molecule has 0 unspecified atom stereocenters. The molecular weight excluding hydrogens is 376 g/mol. The van der Waals surface area contributed by atoms with Crippen LogP contribution in [0, 0.1) is 5.92 Å². The van der Waals surface area contributed by atoms with E-state index >= 15 is 0 Å². The van der Waals surface area contributed by atoms with Crippen LogP contribution >= 0.6 is 0 Å². The monoisotopic (exact) mass is 414 g/mol. The lowest BCUT2D eigenvalue weighted by Crippen LogP contribution is -2.47. The summed E-state index contributed by atoms with van der Waals surface area (Å²) in [6.45, 7) is 10.9. The summed E-state index contributed by atoms with van der Waals surface area (Å²) >= 11 is 0. The summed E-state index contributed by atoms with van der Waals surface area (Å²) in [4.78, 5) is 26.2. The molecule has 2 aliphatic rings. The second-order valence-electron chi connectivity index (χ2n) is 8.84. The largest absolute Gasteiger partial charge is 0.466 e. The van der Waals surface area contributed by atoms with Crippen LogP contribution in [0.1, 0.15) is 60.3 Å². The molecule has 168 valence electrons. The van der Waals surface area contributed by atoms with Gasteiger partial charge in [0.25, 0.3) is 0 Å². The third-order valence-electron chi connectivity index (χ3n) is 5.39. The number of hydrogen-bond acceptors (Lipinski definition) is 7. The molecule has 1 amide bonds. The van der Waals surface area contributed by atoms with Crippen LogP contribution in [-0.4, -0.2) is 73.2 Å². The molecule has 8 nitrogen and oxygen atoms in total. The molecule has 0 aromatic carbocycles. The summed E-state index contributed by atoms with van der Waals surface area (Å²) in [5.41, 5.74) is 5.67. The lowest BCUT2D eigenvalue weighted by molar-refractivity contribution is -0.150. The number of esters is 1. The Bertz CT molecular complexity index is 542. The van der Waals surface area contributed by atoms with E-state index in [1.165, 1.54) is 0 Å². The highest BCUT2D eigenvalue weighted by atomic mass is 16.6. The first-order valence-electron chi connectivity index (χ1n) is 10.8. The fourth-order valence-electron chi connectivity index (χ4n) is 4.03. The van der Waals surface area contributed by atoms with E-state index in [4.69, 9.17) is 24.7 Å². The van der Waals surface area contributed by atoms with Crippen molar-refractivity contribution < 1.29 is 28.5 Å². The van der Waals surface area contributed by atoms with Crippen molar-refractivity contribution in [3.05, 3.63) is 0 Å². The molecule has 0 aromatic heterocycles. The van der Waals surface area contributed by atoms with E-state index in [9.17, 15) is 9.59 Å². The molecular formula is C21H38N2O6. The van der Waals surface area contributed by atoms with Gasteiger partial charge >= 0.3 is 12.1 Å². The molecule has 2 fully saturated rings. The van der Waals surface area contributed by atoms with E-state index in [1.807, 2.05) is 34.6 Å². The van der Waals surface area contributed by atoms with Gasteiger partial charge in [-0.05, 0) is 60.3 Å². The van der Waals surface area contributed by atoms with Gasteiger partial charge in [-0.2, -0.15) is 0 Å². The minimum absolute atomic E-state index is 0.0378. The second-order valence-corrected chi connectivity index (χ2v) is 8.84. The van der Waals surface area contributed by atoms with Crippen LogP contribution in [0.25, 0.3) is 0 Å². The highest BCUT2D eigenvalue weighted by molar-refractivity contribution is 5.72. The maximum absolute atomic E-state index is 12.7. The molecule has 0 spiro atoms. The van der Waals surface area contributed by atoms with Gasteiger partial charge in [-0.3, -0.25) is 9.69 Å². The zero-order chi connectivity index (χ0) is 21.6. The van der Waals surface area contributed by atoms with Crippen molar-refractivity contribution in [2.45, 2.75) is 90.2 Å². The fourth-order valence-corrected chi connectivity index (χ4v) is 4.03. The number of amides is 1. The third-order valence-corrected chi connectivity index (χ3v) is 5.39. The standard InChI is InChI=1S/C21H38N2O6/c1-6-26-18-16(22)12-23(20(25)29-21(3,4)5)17(18)13-28-15-10-8-14(9-11-15)19(24)27-7-2/h14-18H,6-13,22H2,1-5H3/t14?,15?,16-,17-,18+/m1/s1. The Morgan fingerprint density at radius 2 is 1.69 bits per heavy atom. The zero-order valence-electron chi connectivity index (χ0n) is 18.5. The molecule has 0 bridgehead atoms. The topological polar surface area (TPSA) is 100 Å². The van der Waals surface area contributed by atoms with Crippen LogP contribution in [0.5, 0.6) is 0 Å². The van der Waals surface area contributed by atoms with Crippen molar-refractivity contribution in [2.24, 2.45) is 11.7 Å². The number of likely N-dealkylation sites (tertiary alicyclic amines) is 1. The number of ether oxygens (including phenoxy) is 4. The predicted molar refractivity (Wildman–Crippen MR) is 108 cm³/mol. The summed E-state index contributed by atoms with van der Waals surface area (Å²) in [7, 11) is 0. The van der Waals surface area contributed by atoms with Gasteiger partial charge in [-0.15, -0.1) is 0 Å². The van der Waals surface area contributed by atoms with Gasteiger partial charge < -0.3 is 24.7 Å². The molecule has 1 saturated heterocycles. The summed E-state index contributed by atoms with van der Waals surface area (Å²) in [6.07, 6.45) is 2.50. The number of hydrogen-bond donors (Lipinski definition) is 1. The minimum atomic E-state index is -0.582. The summed E-state index contributed by atoms with van der Waals surface area (Å²) in [5.74, 6) is -0.149. The number of rotatable bonds is 7. The van der Waals surface area contributed by atoms with Crippen molar-refractivity contribution in [3.63, 3.8) is 0 Å². The Labute approximate surface area is 174 Å². The van der Waals surface area contributed by atoms with Crippen molar-refractivity contribution in [3.8, 4) is 0 Å². The first-order chi connectivity index (χ1) is 13.7. The van der Waals surface area contributed by atoms with Crippen LogP contribution in [0.15, 0.2) is 0 Å². The van der Waals surface area contributed by atoms with Crippen molar-refractivity contribution in [1.29, 1.82) is 0 Å². The summed E-state index contributed by atoms with van der Waals surface area (Å²) in [6, 6.07) is -0.571. The smallest absolute Gasteiger partial charge is 0.410 e. The SMILES string of the molecule is CCOC(=O)C1CCC(OC[C@@H]2[C@@H](OCC)[C@H](N)CN2C(=O)OC(C)(C)C)CC1. The average Bonchev–Trinajstić information content (AvgIpc) is 2.96. The first-order valence-corrected chi connectivity index (χ1v) is 10.8. The molecule has 3 atom stereocenters. The van der Waals surface area contributed by atoms with Gasteiger partial charge in [0.1, 0.15) is 5.60 Å². The Balaban J connectivity index is 1.94. The van der Waals surface area contributed by atoms with E-state index in [2.05, 4.69) is 0 Å². The molecule has 29 heavy (non-hydrogen) atoms. The molecule has 8 heteroatoms. The van der Waals surface area contributed by atoms with Gasteiger partial charge in [-0.25, -0.2) is 4.79 Å². The highest BCUT2D eigenvalue weighted by Crippen LogP contribution is 2.29. The van der Waals surface area contributed by atoms with E-state index in [1.54, 1.807) is 4.90 Å². The molecule has 2 rings (SSSR count). The minimum Gasteiger partial charge on any atom is -0.466 e. The molecule has 0 aromatic rings. The lowest BCUT2D eigenvalue weighted by Gasteiger charge is -2.33. The maximum Gasteiger partial charge on any atom is 0.410 e. The number of nitrogens with zero attached hydrogens (tertiary/aromatic N) is 1. The van der Waals surface area contributed by atoms with E-state index < -0.39 is 11.7 Å². The van der Waals surface area contributed by atoms with Gasteiger partial charge in [-0.1, -0.05) is 0 Å². The number of carbonyl (C=O) groups is 2. The van der Waals surface area contributed by atoms with Gasteiger partial charge in [0.2, 0.25) is 0 Å². The highest BCUT2D eigenvalue weighted by Gasteiger charge is 2.45. The number of nitrogens with two attached hydrogens (primary N) is 1. The molecule has 0 radical (unpaired) electrons. The maximum atomic E-state index is 12.7. The van der Waals surface area contributed by atoms with E-state index in [-0.39, 0.29) is 36.2 Å². The Morgan fingerprint density at radius 1 is 1.03 bits per heavy atom. The first kappa shape index (κ1) is 23.9. The molecule has 1 heterocycles. The molecule has 1 saturated carbocycles. The van der Waals surface area contributed by atoms with E-state index in [0.29, 0.717) is 26.4 Å². The molecule has 1 aliphatic heterocycles. The fraction of sp³-hybridized carbons (Fsp3) is 0.905. The van der Waals surface area contributed by atoms with Crippen molar-refractivity contribution in [1.82, 2.24) is 4.90 Å². The van der Waals surface area contributed by atoms with Crippen LogP contribution in [0.2, 0.25) is 0 Å². The Hall–Kier alpha value is -1.38. The van der Waals surface area contributed by atoms with E-state index in [0.717, 1.165) is 25.7 Å². The van der Waals surface area contributed by atoms with Crippen LogP contribution in [-0.2, 0) is 23.7 Å². The van der Waals surface area contributed by atoms with Crippen LogP contribution < -0.4 is 5.73 Å². The normalized spacial score (nSPS) is 30.3. The van der Waals surface area contributed by atoms with Crippen LogP contribution in [0.4, 0.5) is 4.79 Å². The quantitative estimate of drug-likeness (QED) is 0.639. The third kappa shape index (κ3) is 6.83. The average molecular weight is 415 g/mol. The van der Waals surface area contributed by atoms with Crippen molar-refractivity contribution in [2.75, 3.05) is 26.4 Å². The molecule has 2 N–H and O–H groups in total. The van der Waals surface area contributed by atoms with Gasteiger partial charge in [0, 0.05) is 13.2 Å². The predicted octanol–water partition coefficient (Wildman–Crippen LogP) is 2.48. The van der Waals surface area contributed by atoms with Crippen LogP contribution in [0.3, 0.4) is 0 Å². The lowest BCUT2D eigenvalue weighted by atomic mass is 9.87. The number of carbonyl (C=O) groups excluding carboxylic acids is 2. The van der Waals surface area contributed by atoms with Gasteiger partial charge in [0.15, 0.2) is 0 Å². The zero-order valence-corrected chi connectivity index (χ0v) is 18.5.